The summed E-state index contributed by atoms with van der Waals surface area (Å²) in [5, 5.41) is 4.78. The standard InChI is InChI=1S/C24H20F3N5O/c1-31-18-11-15-3-5-17(29-15)22(18)16-4-7-20(30-23(16)31)32-9-8-13(10-21(32)33)14-2-6-19(28-12-14)24(25,26)27/h2,4,6-10,12,15,17,29H,3,5,11H2,1H3. The molecule has 33 heavy (non-hydrogen) atoms. The van der Waals surface area contributed by atoms with Gasteiger partial charge in [-0.25, -0.2) is 4.98 Å². The fourth-order valence-electron chi connectivity index (χ4n) is 5.16. The van der Waals surface area contributed by atoms with Crippen LogP contribution in [0.15, 0.2) is 53.6 Å². The maximum absolute atomic E-state index is 12.9. The van der Waals surface area contributed by atoms with Crippen molar-refractivity contribution >= 4 is 11.0 Å². The highest BCUT2D eigenvalue weighted by atomic mass is 19.4. The van der Waals surface area contributed by atoms with Crippen molar-refractivity contribution in [1.82, 2.24) is 24.4 Å². The summed E-state index contributed by atoms with van der Waals surface area (Å²) in [5.41, 5.74) is 3.11. The van der Waals surface area contributed by atoms with Crippen LogP contribution in [0.3, 0.4) is 0 Å². The molecule has 6 heterocycles. The molecule has 1 N–H and O–H groups in total. The van der Waals surface area contributed by atoms with Gasteiger partial charge in [0.15, 0.2) is 0 Å². The van der Waals surface area contributed by atoms with Gasteiger partial charge in [0.1, 0.15) is 17.2 Å². The third-order valence-electron chi connectivity index (χ3n) is 6.77. The van der Waals surface area contributed by atoms with Gasteiger partial charge in [-0.3, -0.25) is 14.3 Å². The third kappa shape index (κ3) is 3.18. The minimum Gasteiger partial charge on any atom is -0.332 e. The molecule has 2 unspecified atom stereocenters. The molecular weight excluding hydrogens is 431 g/mol. The molecule has 2 aliphatic rings. The minimum atomic E-state index is -4.50. The van der Waals surface area contributed by atoms with Crippen LogP contribution in [0.1, 0.15) is 35.8 Å². The van der Waals surface area contributed by atoms with Crippen LogP contribution in [0.25, 0.3) is 28.0 Å². The highest BCUT2D eigenvalue weighted by molar-refractivity contribution is 5.84. The lowest BCUT2D eigenvalue weighted by atomic mass is 10.00. The summed E-state index contributed by atoms with van der Waals surface area (Å²) in [5.74, 6) is 0.501. The van der Waals surface area contributed by atoms with Crippen molar-refractivity contribution in [2.75, 3.05) is 0 Å². The molecule has 2 atom stereocenters. The van der Waals surface area contributed by atoms with Gasteiger partial charge in [-0.05, 0) is 48.2 Å². The van der Waals surface area contributed by atoms with Gasteiger partial charge in [-0.15, -0.1) is 0 Å². The summed E-state index contributed by atoms with van der Waals surface area (Å²) < 4.78 is 41.8. The van der Waals surface area contributed by atoms with E-state index in [1.807, 2.05) is 19.2 Å². The number of halogens is 3. The van der Waals surface area contributed by atoms with Crippen LogP contribution in [0.5, 0.6) is 0 Å². The molecule has 168 valence electrons. The summed E-state index contributed by atoms with van der Waals surface area (Å²) in [6, 6.07) is 10.0. The first kappa shape index (κ1) is 20.2. The predicted octanol–water partition coefficient (Wildman–Crippen LogP) is 4.15. The van der Waals surface area contributed by atoms with E-state index in [2.05, 4.69) is 14.9 Å². The second-order valence-corrected chi connectivity index (χ2v) is 8.71. The first-order valence-electron chi connectivity index (χ1n) is 10.8. The van der Waals surface area contributed by atoms with Crippen molar-refractivity contribution in [2.24, 2.45) is 7.05 Å². The van der Waals surface area contributed by atoms with Crippen molar-refractivity contribution in [2.45, 2.75) is 37.5 Å². The average Bonchev–Trinajstić information content (AvgIpc) is 3.31. The smallest absolute Gasteiger partial charge is 0.332 e. The van der Waals surface area contributed by atoms with Crippen molar-refractivity contribution in [3.8, 4) is 16.9 Å². The number of nitrogens with zero attached hydrogens (tertiary/aromatic N) is 4. The lowest BCUT2D eigenvalue weighted by Gasteiger charge is -2.22. The molecule has 4 aromatic rings. The van der Waals surface area contributed by atoms with Crippen LogP contribution in [-0.4, -0.2) is 25.1 Å². The zero-order chi connectivity index (χ0) is 22.9. The third-order valence-corrected chi connectivity index (χ3v) is 6.77. The highest BCUT2D eigenvalue weighted by Gasteiger charge is 2.36. The van der Waals surface area contributed by atoms with E-state index in [1.165, 1.54) is 34.4 Å². The number of nitrogens with one attached hydrogen (secondary N) is 1. The van der Waals surface area contributed by atoms with Crippen molar-refractivity contribution < 1.29 is 13.2 Å². The minimum absolute atomic E-state index is 0.320. The predicted molar refractivity (Wildman–Crippen MR) is 117 cm³/mol. The molecule has 1 fully saturated rings. The number of hydrogen-bond acceptors (Lipinski definition) is 4. The largest absolute Gasteiger partial charge is 0.433 e. The van der Waals surface area contributed by atoms with Gasteiger partial charge in [0.2, 0.25) is 0 Å². The number of hydrogen-bond donors (Lipinski definition) is 1. The second kappa shape index (κ2) is 7.02. The Kier molecular flexibility index (Phi) is 4.29. The van der Waals surface area contributed by atoms with Gasteiger partial charge in [-0.2, -0.15) is 13.2 Å². The molecule has 2 aliphatic heterocycles. The second-order valence-electron chi connectivity index (χ2n) is 8.71. The zero-order valence-electron chi connectivity index (χ0n) is 17.7. The van der Waals surface area contributed by atoms with Crippen molar-refractivity contribution in [3.05, 3.63) is 76.1 Å². The SMILES string of the molecule is Cn1c2c(c3ccc(-n4ccc(-c5ccc(C(F)(F)F)nc5)cc4=O)nc31)C1CCC(C2)N1. The number of alkyl halides is 3. The maximum Gasteiger partial charge on any atom is 0.433 e. The van der Waals surface area contributed by atoms with Gasteiger partial charge < -0.3 is 9.88 Å². The fourth-order valence-corrected chi connectivity index (χ4v) is 5.16. The van der Waals surface area contributed by atoms with E-state index >= 15 is 0 Å². The molecule has 1 saturated heterocycles. The Morgan fingerprint density at radius 1 is 1.09 bits per heavy atom. The summed E-state index contributed by atoms with van der Waals surface area (Å²) in [6.45, 7) is 0. The molecular formula is C24H20F3N5O. The Labute approximate surface area is 186 Å². The van der Waals surface area contributed by atoms with E-state index in [4.69, 9.17) is 4.98 Å². The zero-order valence-corrected chi connectivity index (χ0v) is 17.7. The van der Waals surface area contributed by atoms with E-state index in [1.54, 1.807) is 12.3 Å². The Hall–Kier alpha value is -3.46. The molecule has 0 aromatic carbocycles. The summed E-state index contributed by atoms with van der Waals surface area (Å²) in [4.78, 5) is 21.1. The number of pyridine rings is 3. The quantitative estimate of drug-likeness (QED) is 0.497. The Morgan fingerprint density at radius 3 is 2.67 bits per heavy atom. The van der Waals surface area contributed by atoms with Crippen LogP contribution < -0.4 is 10.9 Å². The Morgan fingerprint density at radius 2 is 1.94 bits per heavy atom. The van der Waals surface area contributed by atoms with E-state index in [0.29, 0.717) is 29.0 Å². The average molecular weight is 451 g/mol. The molecule has 0 spiro atoms. The van der Waals surface area contributed by atoms with Crippen molar-refractivity contribution in [3.63, 3.8) is 0 Å². The number of rotatable bonds is 2. The van der Waals surface area contributed by atoms with Crippen LogP contribution in [-0.2, 0) is 19.6 Å². The first-order valence-corrected chi connectivity index (χ1v) is 10.8. The molecule has 2 bridgehead atoms. The van der Waals surface area contributed by atoms with E-state index < -0.39 is 11.9 Å². The van der Waals surface area contributed by atoms with Crippen molar-refractivity contribution in [1.29, 1.82) is 0 Å². The molecule has 6 rings (SSSR count). The van der Waals surface area contributed by atoms with Gasteiger partial charge in [0.25, 0.3) is 5.56 Å². The lowest BCUT2D eigenvalue weighted by molar-refractivity contribution is -0.141. The topological polar surface area (TPSA) is 64.7 Å². The normalized spacial score (nSPS) is 19.8. The number of aromatic nitrogens is 4. The van der Waals surface area contributed by atoms with Gasteiger partial charge in [-0.1, -0.05) is 6.07 Å². The molecule has 0 amide bonds. The number of fused-ring (bicyclic) bond motifs is 6. The summed E-state index contributed by atoms with van der Waals surface area (Å²) >= 11 is 0. The van der Waals surface area contributed by atoms with E-state index in [9.17, 15) is 18.0 Å². The fraction of sp³-hybridized carbons (Fsp3) is 0.292. The molecule has 0 radical (unpaired) electrons. The van der Waals surface area contributed by atoms with Crippen LogP contribution in [0.4, 0.5) is 13.2 Å². The Bertz CT molecular complexity index is 1450. The molecule has 6 nitrogen and oxygen atoms in total. The molecule has 0 aliphatic carbocycles. The van der Waals surface area contributed by atoms with Gasteiger partial charge in [0.05, 0.1) is 0 Å². The van der Waals surface area contributed by atoms with Crippen LogP contribution in [0, 0.1) is 0 Å². The molecule has 0 saturated carbocycles. The lowest BCUT2D eigenvalue weighted by Crippen LogP contribution is -2.32. The van der Waals surface area contributed by atoms with Crippen LogP contribution >= 0.6 is 0 Å². The van der Waals surface area contributed by atoms with E-state index in [-0.39, 0.29) is 5.56 Å². The van der Waals surface area contributed by atoms with Gasteiger partial charge in [0, 0.05) is 60.7 Å². The summed E-state index contributed by atoms with van der Waals surface area (Å²) in [6.07, 6.45) is 1.50. The monoisotopic (exact) mass is 451 g/mol. The van der Waals surface area contributed by atoms with E-state index in [0.717, 1.165) is 36.1 Å². The van der Waals surface area contributed by atoms with Gasteiger partial charge >= 0.3 is 6.18 Å². The number of aryl methyl sites for hydroxylation is 1. The first-order chi connectivity index (χ1) is 15.8. The summed E-state index contributed by atoms with van der Waals surface area (Å²) in [7, 11) is 2.02. The molecule has 9 heteroatoms. The highest BCUT2D eigenvalue weighted by Crippen LogP contribution is 2.41. The maximum atomic E-state index is 12.9. The molecule has 4 aromatic heterocycles. The Balaban J connectivity index is 1.38. The van der Waals surface area contributed by atoms with Crippen LogP contribution in [0.2, 0.25) is 0 Å².